The van der Waals surface area contributed by atoms with Crippen LogP contribution in [0.2, 0.25) is 5.02 Å². The number of nitrogens with zero attached hydrogens (tertiary/aromatic N) is 2. The zero-order chi connectivity index (χ0) is 23.3. The Morgan fingerprint density at radius 3 is 2.66 bits per heavy atom. The summed E-state index contributed by atoms with van der Waals surface area (Å²) in [5, 5.41) is 10.9. The van der Waals surface area contributed by atoms with Crippen molar-refractivity contribution in [1.29, 1.82) is 0 Å². The maximum absolute atomic E-state index is 12.3. The molecular formula is C21H17ClN2O8. The van der Waals surface area contributed by atoms with Crippen molar-refractivity contribution >= 4 is 41.2 Å². The molecule has 0 N–H and O–H groups in total. The molecule has 0 unspecified atom stereocenters. The Balaban J connectivity index is 1.88. The van der Waals surface area contributed by atoms with E-state index in [0.29, 0.717) is 23.7 Å². The topological polar surface area (TPSA) is 127 Å². The van der Waals surface area contributed by atoms with E-state index in [1.54, 1.807) is 25.1 Å². The Labute approximate surface area is 187 Å². The number of nitro benzene ring substituents is 1. The number of benzene rings is 2. The number of esters is 2. The summed E-state index contributed by atoms with van der Waals surface area (Å²) in [4.78, 5) is 38.0. The van der Waals surface area contributed by atoms with Crippen LogP contribution in [-0.2, 0) is 19.1 Å². The van der Waals surface area contributed by atoms with Crippen molar-refractivity contribution in [2.24, 2.45) is 4.99 Å². The van der Waals surface area contributed by atoms with Gasteiger partial charge in [0.2, 0.25) is 5.90 Å². The van der Waals surface area contributed by atoms with Crippen LogP contribution in [0.25, 0.3) is 6.08 Å². The number of carbonyl (C=O) groups is 2. The fourth-order valence-electron chi connectivity index (χ4n) is 2.67. The number of halogens is 1. The molecule has 1 aliphatic heterocycles. The van der Waals surface area contributed by atoms with Crippen LogP contribution in [0.3, 0.4) is 0 Å². The van der Waals surface area contributed by atoms with Crippen LogP contribution < -0.4 is 9.47 Å². The van der Waals surface area contributed by atoms with Crippen molar-refractivity contribution in [1.82, 2.24) is 0 Å². The molecule has 0 amide bonds. The fraction of sp³-hybridized carbons (Fsp3) is 0.190. The second-order valence-electron chi connectivity index (χ2n) is 6.26. The van der Waals surface area contributed by atoms with Crippen molar-refractivity contribution in [3.8, 4) is 11.5 Å². The molecule has 0 spiro atoms. The molecule has 0 atom stereocenters. The molecule has 2 aromatic carbocycles. The van der Waals surface area contributed by atoms with Crippen LogP contribution in [-0.4, -0.2) is 43.1 Å². The van der Waals surface area contributed by atoms with E-state index in [4.69, 9.17) is 25.8 Å². The number of ether oxygens (including phenoxy) is 4. The summed E-state index contributed by atoms with van der Waals surface area (Å²) in [6.45, 7) is 1.85. The summed E-state index contributed by atoms with van der Waals surface area (Å²) in [5.41, 5.74) is 0.610. The number of carbonyl (C=O) groups excluding carboxylic acids is 2. The highest BCUT2D eigenvalue weighted by atomic mass is 35.5. The maximum atomic E-state index is 12.3. The van der Waals surface area contributed by atoms with E-state index in [-0.39, 0.29) is 34.5 Å². The Morgan fingerprint density at radius 2 is 2.00 bits per heavy atom. The minimum atomic E-state index is -0.710. The summed E-state index contributed by atoms with van der Waals surface area (Å²) in [6, 6.07) is 8.58. The molecule has 1 heterocycles. The zero-order valence-electron chi connectivity index (χ0n) is 17.0. The molecule has 0 saturated carbocycles. The zero-order valence-corrected chi connectivity index (χ0v) is 17.7. The molecule has 0 bridgehead atoms. The van der Waals surface area contributed by atoms with Gasteiger partial charge in [0.25, 0.3) is 5.69 Å². The van der Waals surface area contributed by atoms with Crippen LogP contribution >= 0.6 is 11.6 Å². The summed E-state index contributed by atoms with van der Waals surface area (Å²) in [7, 11) is 1.25. The number of cyclic esters (lactones) is 1. The lowest BCUT2D eigenvalue weighted by Gasteiger charge is -2.11. The van der Waals surface area contributed by atoms with Gasteiger partial charge in [-0.25, -0.2) is 14.6 Å². The molecule has 0 aliphatic carbocycles. The first-order valence-electron chi connectivity index (χ1n) is 9.25. The van der Waals surface area contributed by atoms with Gasteiger partial charge in [0.15, 0.2) is 23.8 Å². The Morgan fingerprint density at radius 1 is 1.22 bits per heavy atom. The number of rotatable bonds is 8. The van der Waals surface area contributed by atoms with Gasteiger partial charge in [-0.1, -0.05) is 17.7 Å². The minimum absolute atomic E-state index is 0.0000899. The predicted octanol–water partition coefficient (Wildman–Crippen LogP) is 3.54. The SMILES string of the molecule is CCOc1cc(/C=C2\N=C(c3ccc([N+](=O)[O-])cc3Cl)OC2=O)ccc1OCC(=O)OC. The minimum Gasteiger partial charge on any atom is -0.490 e. The number of hydrogen-bond donors (Lipinski definition) is 0. The van der Waals surface area contributed by atoms with Gasteiger partial charge >= 0.3 is 11.9 Å². The molecule has 32 heavy (non-hydrogen) atoms. The quantitative estimate of drug-likeness (QED) is 0.253. The lowest BCUT2D eigenvalue weighted by Crippen LogP contribution is -2.13. The normalized spacial score (nSPS) is 14.0. The molecule has 0 aromatic heterocycles. The van der Waals surface area contributed by atoms with Gasteiger partial charge in [-0.2, -0.15) is 0 Å². The summed E-state index contributed by atoms with van der Waals surface area (Å²) in [5.74, 6) is -0.628. The van der Waals surface area contributed by atoms with E-state index in [1.807, 2.05) is 0 Å². The van der Waals surface area contributed by atoms with Crippen LogP contribution in [0.1, 0.15) is 18.1 Å². The van der Waals surface area contributed by atoms with Crippen LogP contribution in [0.5, 0.6) is 11.5 Å². The lowest BCUT2D eigenvalue weighted by atomic mass is 10.1. The molecule has 11 heteroatoms. The van der Waals surface area contributed by atoms with Crippen molar-refractivity contribution < 1.29 is 33.5 Å². The van der Waals surface area contributed by atoms with Crippen LogP contribution in [0.4, 0.5) is 5.69 Å². The monoisotopic (exact) mass is 460 g/mol. The third-order valence-electron chi connectivity index (χ3n) is 4.16. The molecule has 2 aromatic rings. The molecule has 3 rings (SSSR count). The van der Waals surface area contributed by atoms with E-state index in [2.05, 4.69) is 9.73 Å². The Hall–Kier alpha value is -3.92. The molecule has 0 radical (unpaired) electrons. The van der Waals surface area contributed by atoms with E-state index in [9.17, 15) is 19.7 Å². The van der Waals surface area contributed by atoms with E-state index in [0.717, 1.165) is 6.07 Å². The number of methoxy groups -OCH3 is 1. The van der Waals surface area contributed by atoms with Crippen molar-refractivity contribution in [2.45, 2.75) is 6.92 Å². The van der Waals surface area contributed by atoms with Crippen LogP contribution in [0, 0.1) is 10.1 Å². The Bertz CT molecular complexity index is 1140. The standard InChI is InChI=1S/C21H17ClN2O8/c1-3-30-18-9-12(4-7-17(18)31-11-19(25)29-2)8-16-21(26)32-20(23-16)14-6-5-13(24(27)28)10-15(14)22/h4-10H,3,11H2,1-2H3/b16-8-. The first-order chi connectivity index (χ1) is 15.3. The number of aliphatic imine (C=N–C) groups is 1. The third kappa shape index (κ3) is 5.22. The largest absolute Gasteiger partial charge is 0.490 e. The highest BCUT2D eigenvalue weighted by Gasteiger charge is 2.26. The molecule has 166 valence electrons. The Kier molecular flexibility index (Phi) is 7.06. The molecular weight excluding hydrogens is 444 g/mol. The van der Waals surface area contributed by atoms with Crippen molar-refractivity contribution in [3.05, 3.63) is 68.4 Å². The van der Waals surface area contributed by atoms with Gasteiger partial charge < -0.3 is 18.9 Å². The number of hydrogen-bond acceptors (Lipinski definition) is 9. The number of nitro groups is 1. The van der Waals surface area contributed by atoms with Gasteiger partial charge in [-0.15, -0.1) is 0 Å². The summed E-state index contributed by atoms with van der Waals surface area (Å²) >= 11 is 6.09. The number of non-ortho nitro benzene ring substituents is 1. The van der Waals surface area contributed by atoms with Gasteiger partial charge in [0.05, 0.1) is 29.2 Å². The maximum Gasteiger partial charge on any atom is 0.363 e. The predicted molar refractivity (Wildman–Crippen MR) is 114 cm³/mol. The van der Waals surface area contributed by atoms with Crippen molar-refractivity contribution in [3.63, 3.8) is 0 Å². The highest BCUT2D eigenvalue weighted by molar-refractivity contribution is 6.34. The van der Waals surface area contributed by atoms with E-state index >= 15 is 0 Å². The van der Waals surface area contributed by atoms with Gasteiger partial charge in [0.1, 0.15) is 0 Å². The molecule has 1 aliphatic rings. The van der Waals surface area contributed by atoms with E-state index < -0.39 is 16.9 Å². The third-order valence-corrected chi connectivity index (χ3v) is 4.47. The average molecular weight is 461 g/mol. The lowest BCUT2D eigenvalue weighted by molar-refractivity contribution is -0.384. The first-order valence-corrected chi connectivity index (χ1v) is 9.63. The highest BCUT2D eigenvalue weighted by Crippen LogP contribution is 2.31. The smallest absolute Gasteiger partial charge is 0.363 e. The van der Waals surface area contributed by atoms with E-state index in [1.165, 1.54) is 25.3 Å². The van der Waals surface area contributed by atoms with Crippen molar-refractivity contribution in [2.75, 3.05) is 20.3 Å². The average Bonchev–Trinajstić information content (AvgIpc) is 3.12. The van der Waals surface area contributed by atoms with Crippen LogP contribution in [0.15, 0.2) is 47.1 Å². The second kappa shape index (κ2) is 9.92. The fourth-order valence-corrected chi connectivity index (χ4v) is 2.93. The van der Waals surface area contributed by atoms with Gasteiger partial charge in [-0.05, 0) is 36.8 Å². The molecule has 0 saturated heterocycles. The summed E-state index contributed by atoms with van der Waals surface area (Å²) < 4.78 is 20.7. The first kappa shape index (κ1) is 22.8. The molecule has 10 nitrogen and oxygen atoms in total. The van der Waals surface area contributed by atoms with Gasteiger partial charge in [0, 0.05) is 12.1 Å². The molecule has 0 fully saturated rings. The second-order valence-corrected chi connectivity index (χ2v) is 6.67. The van der Waals surface area contributed by atoms with Gasteiger partial charge in [-0.3, -0.25) is 10.1 Å². The summed E-state index contributed by atoms with van der Waals surface area (Å²) in [6.07, 6.45) is 1.47.